The number of anilines is 2. The topological polar surface area (TPSA) is 158 Å². The van der Waals surface area contributed by atoms with E-state index in [4.69, 9.17) is 16.2 Å². The van der Waals surface area contributed by atoms with Gasteiger partial charge in [-0.15, -0.1) is 10.2 Å². The molecule has 4 rings (SSSR count). The number of nitrogens with one attached hydrogen (secondary N) is 3. The summed E-state index contributed by atoms with van der Waals surface area (Å²) >= 11 is 0. The number of nitrogens with two attached hydrogens (primary N) is 2. The molecule has 0 saturated heterocycles. The highest BCUT2D eigenvalue weighted by Gasteiger charge is 2.20. The number of fused-ring (bicyclic) bond motifs is 3. The number of rotatable bonds is 6. The lowest BCUT2D eigenvalue weighted by atomic mass is 10.1. The second-order valence-electron chi connectivity index (χ2n) is 7.35. The molecule has 1 aliphatic heterocycles. The molecular formula is C22H24FN9O2. The average Bonchev–Trinajstić information content (AvgIpc) is 3.28. The molecule has 7 N–H and O–H groups in total. The third-order valence-electron chi connectivity index (χ3n) is 4.99. The van der Waals surface area contributed by atoms with Crippen molar-refractivity contribution in [3.8, 4) is 17.1 Å². The molecule has 0 bridgehead atoms. The van der Waals surface area contributed by atoms with Crippen molar-refractivity contribution < 1.29 is 13.9 Å². The van der Waals surface area contributed by atoms with Gasteiger partial charge in [-0.05, 0) is 30.7 Å². The van der Waals surface area contributed by atoms with Crippen LogP contribution < -0.4 is 32.2 Å². The molecule has 11 nitrogen and oxygen atoms in total. The van der Waals surface area contributed by atoms with E-state index >= 15 is 0 Å². The Bertz CT molecular complexity index is 1250. The van der Waals surface area contributed by atoms with Gasteiger partial charge in [0, 0.05) is 19.7 Å². The van der Waals surface area contributed by atoms with E-state index in [0.29, 0.717) is 29.7 Å². The van der Waals surface area contributed by atoms with Crippen molar-refractivity contribution in [3.63, 3.8) is 0 Å². The maximum Gasteiger partial charge on any atom is 0.269 e. The number of aryl methyl sites for hydroxylation is 1. The van der Waals surface area contributed by atoms with E-state index in [9.17, 15) is 9.18 Å². The summed E-state index contributed by atoms with van der Waals surface area (Å²) in [5.74, 6) is 0.663. The molecule has 1 aliphatic rings. The summed E-state index contributed by atoms with van der Waals surface area (Å²) in [6.07, 6.45) is 4.95. The summed E-state index contributed by atoms with van der Waals surface area (Å²) in [7, 11) is 1.47. The SMILES string of the molecule is CNC(=O)/C(N)=C(/C=C(\N)Nc1ccc(F)cn1)Nc1cccc2c1OCCCn1cnnc1-2. The van der Waals surface area contributed by atoms with Gasteiger partial charge < -0.3 is 36.7 Å². The van der Waals surface area contributed by atoms with E-state index in [1.165, 1.54) is 25.3 Å². The van der Waals surface area contributed by atoms with Crippen molar-refractivity contribution in [3.05, 3.63) is 72.0 Å². The van der Waals surface area contributed by atoms with E-state index in [-0.39, 0.29) is 17.2 Å². The fourth-order valence-electron chi connectivity index (χ4n) is 3.38. The Morgan fingerprint density at radius 1 is 1.24 bits per heavy atom. The number of amides is 1. The molecule has 0 spiro atoms. The summed E-state index contributed by atoms with van der Waals surface area (Å²) in [5.41, 5.74) is 13.6. The summed E-state index contributed by atoms with van der Waals surface area (Å²) in [5, 5.41) is 16.7. The molecule has 0 saturated carbocycles. The number of pyridine rings is 1. The van der Waals surface area contributed by atoms with Crippen LogP contribution in [0.3, 0.4) is 0 Å². The molecule has 0 radical (unpaired) electrons. The smallest absolute Gasteiger partial charge is 0.269 e. The molecule has 1 aromatic carbocycles. The van der Waals surface area contributed by atoms with Crippen LogP contribution in [0.15, 0.2) is 66.1 Å². The van der Waals surface area contributed by atoms with Crippen LogP contribution in [0.4, 0.5) is 15.9 Å². The average molecular weight is 465 g/mol. The normalized spacial score (nSPS) is 13.9. The molecule has 3 heterocycles. The van der Waals surface area contributed by atoms with Gasteiger partial charge in [0.2, 0.25) is 0 Å². The number of likely N-dealkylation sites (N-methyl/N-ethyl adjacent to an activating group) is 1. The zero-order chi connectivity index (χ0) is 24.1. The van der Waals surface area contributed by atoms with Crippen LogP contribution in [0.1, 0.15) is 6.42 Å². The number of carbonyl (C=O) groups excluding carboxylic acids is 1. The molecule has 3 aromatic rings. The highest BCUT2D eigenvalue weighted by molar-refractivity contribution is 5.94. The van der Waals surface area contributed by atoms with Crippen LogP contribution in [-0.4, -0.2) is 39.3 Å². The minimum Gasteiger partial charge on any atom is -0.491 e. The molecule has 176 valence electrons. The van der Waals surface area contributed by atoms with Crippen molar-refractivity contribution >= 4 is 17.4 Å². The molecule has 0 unspecified atom stereocenters. The van der Waals surface area contributed by atoms with E-state index in [1.807, 2.05) is 16.7 Å². The third kappa shape index (κ3) is 4.90. The first-order valence-corrected chi connectivity index (χ1v) is 10.4. The van der Waals surface area contributed by atoms with E-state index in [0.717, 1.165) is 24.7 Å². The van der Waals surface area contributed by atoms with Gasteiger partial charge in [0.25, 0.3) is 5.91 Å². The summed E-state index contributed by atoms with van der Waals surface area (Å²) in [4.78, 5) is 16.2. The molecule has 0 atom stereocenters. The molecule has 0 fully saturated rings. The third-order valence-corrected chi connectivity index (χ3v) is 4.99. The monoisotopic (exact) mass is 465 g/mol. The first-order valence-electron chi connectivity index (χ1n) is 10.4. The first kappa shape index (κ1) is 22.6. The zero-order valence-corrected chi connectivity index (χ0v) is 18.4. The van der Waals surface area contributed by atoms with Crippen LogP contribution in [0, 0.1) is 5.82 Å². The van der Waals surface area contributed by atoms with Crippen LogP contribution in [-0.2, 0) is 11.3 Å². The number of hydrogen-bond donors (Lipinski definition) is 5. The van der Waals surface area contributed by atoms with Gasteiger partial charge >= 0.3 is 0 Å². The number of aromatic nitrogens is 4. The maximum atomic E-state index is 13.1. The van der Waals surface area contributed by atoms with Crippen molar-refractivity contribution in [2.45, 2.75) is 13.0 Å². The lowest BCUT2D eigenvalue weighted by molar-refractivity contribution is -0.117. The first-order chi connectivity index (χ1) is 16.5. The number of para-hydroxylation sites is 1. The molecular weight excluding hydrogens is 441 g/mol. The van der Waals surface area contributed by atoms with Crippen molar-refractivity contribution in [1.82, 2.24) is 25.1 Å². The number of allylic oxidation sites excluding steroid dienone is 1. The van der Waals surface area contributed by atoms with Gasteiger partial charge in [0.15, 0.2) is 11.6 Å². The fraction of sp³-hybridized carbons (Fsp3) is 0.182. The molecule has 12 heteroatoms. The lowest BCUT2D eigenvalue weighted by Crippen LogP contribution is -2.28. The number of carbonyl (C=O) groups is 1. The van der Waals surface area contributed by atoms with Gasteiger partial charge in [-0.2, -0.15) is 0 Å². The Morgan fingerprint density at radius 2 is 2.09 bits per heavy atom. The van der Waals surface area contributed by atoms with Gasteiger partial charge in [-0.25, -0.2) is 9.37 Å². The van der Waals surface area contributed by atoms with Crippen molar-refractivity contribution in [1.29, 1.82) is 0 Å². The summed E-state index contributed by atoms with van der Waals surface area (Å²) in [6, 6.07) is 8.17. The molecule has 2 aromatic heterocycles. The number of halogens is 1. The second-order valence-corrected chi connectivity index (χ2v) is 7.35. The van der Waals surface area contributed by atoms with Gasteiger partial charge in [0.1, 0.15) is 29.5 Å². The zero-order valence-electron chi connectivity index (χ0n) is 18.4. The van der Waals surface area contributed by atoms with Crippen LogP contribution in [0.25, 0.3) is 11.4 Å². The van der Waals surface area contributed by atoms with Gasteiger partial charge in [-0.1, -0.05) is 6.07 Å². The summed E-state index contributed by atoms with van der Waals surface area (Å²) < 4.78 is 21.1. The van der Waals surface area contributed by atoms with Crippen LogP contribution in [0.5, 0.6) is 5.75 Å². The van der Waals surface area contributed by atoms with Crippen molar-refractivity contribution in [2.24, 2.45) is 11.5 Å². The standard InChI is InChI=1S/C22H24FN9O2/c1-26-22(33)19(25)16(10-17(24)30-18-7-6-13(23)11-27-18)29-15-5-2-4-14-20(15)34-9-3-8-32-12-28-31-21(14)32/h2,4-7,10-12,29H,3,8-9,24-25H2,1H3,(H,26,33)(H,27,30)/b17-10+,19-16+. The maximum absolute atomic E-state index is 13.1. The quantitative estimate of drug-likeness (QED) is 0.269. The van der Waals surface area contributed by atoms with Crippen molar-refractivity contribution in [2.75, 3.05) is 24.3 Å². The summed E-state index contributed by atoms with van der Waals surface area (Å²) in [6.45, 7) is 1.21. The predicted octanol–water partition coefficient (Wildman–Crippen LogP) is 1.50. The largest absolute Gasteiger partial charge is 0.491 e. The number of ether oxygens (including phenoxy) is 1. The van der Waals surface area contributed by atoms with E-state index in [2.05, 4.69) is 31.1 Å². The van der Waals surface area contributed by atoms with E-state index < -0.39 is 11.7 Å². The molecule has 34 heavy (non-hydrogen) atoms. The van der Waals surface area contributed by atoms with Crippen LogP contribution in [0.2, 0.25) is 0 Å². The number of benzene rings is 1. The fourth-order valence-corrected chi connectivity index (χ4v) is 3.38. The van der Waals surface area contributed by atoms with Gasteiger partial charge in [-0.3, -0.25) is 4.79 Å². The minimum absolute atomic E-state index is 0.106. The Balaban J connectivity index is 1.71. The highest BCUT2D eigenvalue weighted by atomic mass is 19.1. The predicted molar refractivity (Wildman–Crippen MR) is 125 cm³/mol. The molecule has 1 amide bonds. The number of hydrogen-bond acceptors (Lipinski definition) is 9. The Labute approximate surface area is 194 Å². The minimum atomic E-state index is -0.508. The second kappa shape index (κ2) is 9.90. The van der Waals surface area contributed by atoms with Gasteiger partial charge in [0.05, 0.1) is 29.8 Å². The molecule has 0 aliphatic carbocycles. The van der Waals surface area contributed by atoms with Crippen LogP contribution >= 0.6 is 0 Å². The Hall–Kier alpha value is -4.61. The van der Waals surface area contributed by atoms with E-state index in [1.54, 1.807) is 12.4 Å². The Kier molecular flexibility index (Phi) is 6.57. The lowest BCUT2D eigenvalue weighted by Gasteiger charge is -2.21. The number of nitrogens with zero attached hydrogens (tertiary/aromatic N) is 4. The Morgan fingerprint density at radius 3 is 2.85 bits per heavy atom. The highest BCUT2D eigenvalue weighted by Crippen LogP contribution is 2.37.